The highest BCUT2D eigenvalue weighted by Crippen LogP contribution is 2.36. The minimum atomic E-state index is -1.63. The second kappa shape index (κ2) is 6.09. The van der Waals surface area contributed by atoms with Gasteiger partial charge in [-0.2, -0.15) is 0 Å². The van der Waals surface area contributed by atoms with Gasteiger partial charge in [0.15, 0.2) is 8.32 Å². The summed E-state index contributed by atoms with van der Waals surface area (Å²) in [7, 11) is -1.63. The van der Waals surface area contributed by atoms with Gasteiger partial charge in [0.1, 0.15) is 0 Å². The van der Waals surface area contributed by atoms with E-state index >= 15 is 0 Å². The Balaban J connectivity index is 1.86. The Kier molecular flexibility index (Phi) is 4.78. The van der Waals surface area contributed by atoms with Crippen molar-refractivity contribution >= 4 is 8.32 Å². The van der Waals surface area contributed by atoms with Crippen LogP contribution in [0.5, 0.6) is 0 Å². The predicted molar refractivity (Wildman–Crippen MR) is 90.4 cm³/mol. The fourth-order valence-corrected chi connectivity index (χ4v) is 3.83. The second-order valence-corrected chi connectivity index (χ2v) is 12.5. The molecule has 0 saturated heterocycles. The van der Waals surface area contributed by atoms with Crippen molar-refractivity contribution in [2.75, 3.05) is 6.61 Å². The molecule has 0 bridgehead atoms. The van der Waals surface area contributed by atoms with Crippen LogP contribution in [0, 0.1) is 0 Å². The van der Waals surface area contributed by atoms with E-state index in [4.69, 9.17) is 4.43 Å². The lowest BCUT2D eigenvalue weighted by Crippen LogP contribution is -2.41. The van der Waals surface area contributed by atoms with E-state index in [2.05, 4.69) is 39.9 Å². The van der Waals surface area contributed by atoms with Gasteiger partial charge in [0.25, 0.3) is 5.56 Å². The highest BCUT2D eigenvalue weighted by Gasteiger charge is 2.36. The molecule has 0 fully saturated rings. The maximum atomic E-state index is 12.0. The van der Waals surface area contributed by atoms with Crippen molar-refractivity contribution in [1.29, 1.82) is 0 Å². The molecular formula is C17H29NO2Si. The van der Waals surface area contributed by atoms with Crippen LogP contribution in [-0.4, -0.2) is 19.5 Å². The number of aryl methyl sites for hydroxylation is 1. The van der Waals surface area contributed by atoms with Crippen LogP contribution in [0.1, 0.15) is 51.8 Å². The third-order valence-corrected chi connectivity index (χ3v) is 9.66. The van der Waals surface area contributed by atoms with E-state index < -0.39 is 8.32 Å². The lowest BCUT2D eigenvalue weighted by atomic mass is 10.1. The average Bonchev–Trinajstić information content (AvgIpc) is 2.78. The highest BCUT2D eigenvalue weighted by molar-refractivity contribution is 6.74. The summed E-state index contributed by atoms with van der Waals surface area (Å²) in [5.41, 5.74) is 1.35. The summed E-state index contributed by atoms with van der Waals surface area (Å²) in [5.74, 6) is 0. The van der Waals surface area contributed by atoms with Gasteiger partial charge in [-0.05, 0) is 49.9 Å². The van der Waals surface area contributed by atoms with Crippen LogP contribution < -0.4 is 5.56 Å². The zero-order chi connectivity index (χ0) is 15.7. The Morgan fingerprint density at radius 3 is 2.71 bits per heavy atom. The highest BCUT2D eigenvalue weighted by atomic mass is 28.4. The smallest absolute Gasteiger partial charge is 0.250 e. The number of nitrogens with zero attached hydrogens (tertiary/aromatic N) is 1. The number of hydrogen-bond acceptors (Lipinski definition) is 2. The van der Waals surface area contributed by atoms with E-state index in [1.807, 2.05) is 10.6 Å². The number of hydrogen-bond donors (Lipinski definition) is 0. The van der Waals surface area contributed by atoms with E-state index in [1.165, 1.54) is 5.69 Å². The maximum absolute atomic E-state index is 12.0. The van der Waals surface area contributed by atoms with Crippen LogP contribution in [0.3, 0.4) is 0 Å². The Labute approximate surface area is 129 Å². The van der Waals surface area contributed by atoms with Gasteiger partial charge in [0, 0.05) is 24.4 Å². The first-order valence-electron chi connectivity index (χ1n) is 8.07. The van der Waals surface area contributed by atoms with Gasteiger partial charge < -0.3 is 8.99 Å². The third-order valence-electron chi connectivity index (χ3n) is 5.12. The number of pyridine rings is 1. The summed E-state index contributed by atoms with van der Waals surface area (Å²) in [6.45, 7) is 12.2. The van der Waals surface area contributed by atoms with Gasteiger partial charge >= 0.3 is 0 Å². The van der Waals surface area contributed by atoms with E-state index in [-0.39, 0.29) is 10.6 Å². The van der Waals surface area contributed by atoms with Crippen molar-refractivity contribution in [3.8, 4) is 0 Å². The van der Waals surface area contributed by atoms with E-state index in [0.717, 1.165) is 32.3 Å². The van der Waals surface area contributed by atoms with E-state index in [1.54, 1.807) is 6.07 Å². The molecule has 0 spiro atoms. The average molecular weight is 308 g/mol. The van der Waals surface area contributed by atoms with Gasteiger partial charge in [0.05, 0.1) is 0 Å². The fraction of sp³-hybridized carbons (Fsp3) is 0.706. The van der Waals surface area contributed by atoms with Crippen LogP contribution in [-0.2, 0) is 10.8 Å². The van der Waals surface area contributed by atoms with Crippen LogP contribution in [0.15, 0.2) is 23.0 Å². The molecule has 0 amide bonds. The molecule has 2 rings (SSSR count). The zero-order valence-electron chi connectivity index (χ0n) is 14.1. The van der Waals surface area contributed by atoms with Crippen molar-refractivity contribution in [2.45, 2.75) is 70.6 Å². The lowest BCUT2D eigenvalue weighted by Gasteiger charge is -2.36. The van der Waals surface area contributed by atoms with Gasteiger partial charge in [-0.25, -0.2) is 0 Å². The molecule has 118 valence electrons. The molecule has 4 heteroatoms. The molecule has 1 atom stereocenters. The third kappa shape index (κ3) is 3.66. The summed E-state index contributed by atoms with van der Waals surface area (Å²) in [6, 6.07) is 6.00. The molecular weight excluding hydrogens is 278 g/mol. The number of rotatable bonds is 5. The van der Waals surface area contributed by atoms with Crippen LogP contribution in [0.2, 0.25) is 18.1 Å². The molecule has 0 aliphatic carbocycles. The first-order chi connectivity index (χ1) is 9.72. The summed E-state index contributed by atoms with van der Waals surface area (Å²) in [5, 5.41) is 0.268. The topological polar surface area (TPSA) is 31.2 Å². The lowest BCUT2D eigenvalue weighted by molar-refractivity contribution is 0.268. The predicted octanol–water partition coefficient (Wildman–Crippen LogP) is 4.14. The number of fused-ring (bicyclic) bond motifs is 1. The Morgan fingerprint density at radius 1 is 1.33 bits per heavy atom. The Morgan fingerprint density at radius 2 is 2.05 bits per heavy atom. The molecule has 1 aromatic heterocycles. The van der Waals surface area contributed by atoms with E-state index in [9.17, 15) is 4.79 Å². The number of aromatic nitrogens is 1. The molecule has 1 unspecified atom stereocenters. The first-order valence-corrected chi connectivity index (χ1v) is 11.0. The van der Waals surface area contributed by atoms with Crippen molar-refractivity contribution in [3.63, 3.8) is 0 Å². The first kappa shape index (κ1) is 16.5. The van der Waals surface area contributed by atoms with Gasteiger partial charge in [-0.1, -0.05) is 26.8 Å². The van der Waals surface area contributed by atoms with Crippen molar-refractivity contribution < 1.29 is 4.43 Å². The molecule has 3 nitrogen and oxygen atoms in total. The minimum absolute atomic E-state index is 0.153. The van der Waals surface area contributed by atoms with Crippen LogP contribution >= 0.6 is 0 Å². The Hall–Kier alpha value is -0.873. The largest absolute Gasteiger partial charge is 0.417 e. The van der Waals surface area contributed by atoms with Crippen molar-refractivity contribution in [3.05, 3.63) is 34.2 Å². The zero-order valence-corrected chi connectivity index (χ0v) is 15.1. The van der Waals surface area contributed by atoms with Crippen molar-refractivity contribution in [2.24, 2.45) is 0 Å². The quantitative estimate of drug-likeness (QED) is 0.605. The second-order valence-electron chi connectivity index (χ2n) is 7.67. The summed E-state index contributed by atoms with van der Waals surface area (Å²) >= 11 is 0. The fourth-order valence-electron chi connectivity index (χ4n) is 2.74. The molecule has 0 radical (unpaired) electrons. The Bertz CT molecular complexity index is 542. The summed E-state index contributed by atoms with van der Waals surface area (Å²) in [4.78, 5) is 12.0. The molecule has 0 saturated carbocycles. The molecule has 2 heterocycles. The SMILES string of the molecule is CC(C)(C)[Si](C)(C)OCCCC1CCc2cccc(=O)n21. The molecule has 1 aliphatic heterocycles. The van der Waals surface area contributed by atoms with Gasteiger partial charge in [0.2, 0.25) is 0 Å². The van der Waals surface area contributed by atoms with E-state index in [0.29, 0.717) is 6.04 Å². The minimum Gasteiger partial charge on any atom is -0.417 e. The molecule has 1 aliphatic rings. The molecule has 1 aromatic rings. The standard InChI is InChI=1S/C17H29NO2Si/c1-17(2,3)21(4,5)20-13-7-9-15-12-11-14-8-6-10-16(19)18(14)15/h6,8,10,15H,7,9,11-13H2,1-5H3. The summed E-state index contributed by atoms with van der Waals surface area (Å²) < 4.78 is 8.22. The van der Waals surface area contributed by atoms with Crippen molar-refractivity contribution in [1.82, 2.24) is 4.57 Å². The molecule has 21 heavy (non-hydrogen) atoms. The normalized spacial score (nSPS) is 18.8. The van der Waals surface area contributed by atoms with Crippen LogP contribution in [0.25, 0.3) is 0 Å². The molecule has 0 N–H and O–H groups in total. The monoisotopic (exact) mass is 307 g/mol. The summed E-state index contributed by atoms with van der Waals surface area (Å²) in [6.07, 6.45) is 4.21. The molecule has 0 aromatic carbocycles. The maximum Gasteiger partial charge on any atom is 0.250 e. The van der Waals surface area contributed by atoms with Crippen LogP contribution in [0.4, 0.5) is 0 Å². The van der Waals surface area contributed by atoms with Gasteiger partial charge in [-0.15, -0.1) is 0 Å². The van der Waals surface area contributed by atoms with Gasteiger partial charge in [-0.3, -0.25) is 4.79 Å².